The molecule has 0 aromatic rings. The van der Waals surface area contributed by atoms with Crippen molar-refractivity contribution >= 4 is 11.8 Å². The van der Waals surface area contributed by atoms with Crippen LogP contribution in [-0.4, -0.2) is 40.9 Å². The maximum Gasteiger partial charge on any atom is 0.331 e. The first-order chi connectivity index (χ1) is 7.91. The van der Waals surface area contributed by atoms with Gasteiger partial charge in [-0.05, 0) is 20.4 Å². The van der Waals surface area contributed by atoms with E-state index < -0.39 is 11.5 Å². The number of unbranched alkanes of at least 4 members (excludes halogenated alkanes) is 2. The van der Waals surface area contributed by atoms with Crippen molar-refractivity contribution < 1.29 is 14.7 Å². The zero-order valence-corrected chi connectivity index (χ0v) is 11.0. The van der Waals surface area contributed by atoms with Crippen molar-refractivity contribution in [1.29, 1.82) is 0 Å². The average molecular weight is 241 g/mol. The molecule has 1 atom stereocenters. The van der Waals surface area contributed by atoms with Gasteiger partial charge in [0.2, 0.25) is 0 Å². The number of nitrogens with zero attached hydrogens (tertiary/aromatic N) is 1. The number of carbonyl (C=O) groups excluding carboxylic acids is 1. The molecule has 0 rings (SSSR count). The molecule has 1 N–H and O–H groups in total. The van der Waals surface area contributed by atoms with Gasteiger partial charge in [0.1, 0.15) is 0 Å². The smallest absolute Gasteiger partial charge is 0.331 e. The van der Waals surface area contributed by atoms with Crippen molar-refractivity contribution in [1.82, 2.24) is 4.90 Å². The summed E-state index contributed by atoms with van der Waals surface area (Å²) in [5.41, 5.74) is -1.44. The summed E-state index contributed by atoms with van der Waals surface area (Å²) in [6.45, 7) is 7.45. The molecule has 0 saturated heterocycles. The molecule has 0 amide bonds. The van der Waals surface area contributed by atoms with E-state index in [1.165, 1.54) is 11.8 Å². The highest BCUT2D eigenvalue weighted by Gasteiger charge is 2.43. The normalized spacial score (nSPS) is 14.4. The summed E-state index contributed by atoms with van der Waals surface area (Å²) < 4.78 is 0. The quantitative estimate of drug-likeness (QED) is 0.381. The first kappa shape index (κ1) is 15.8. The summed E-state index contributed by atoms with van der Waals surface area (Å²) >= 11 is 0. The number of aliphatic carboxylic acids is 1. The molecule has 0 saturated carbocycles. The number of carboxylic acid groups (broad SMARTS) is 1. The van der Waals surface area contributed by atoms with E-state index in [4.69, 9.17) is 0 Å². The van der Waals surface area contributed by atoms with Crippen LogP contribution < -0.4 is 0 Å². The second-order valence-electron chi connectivity index (χ2n) is 4.43. The third-order valence-corrected chi connectivity index (χ3v) is 3.13. The van der Waals surface area contributed by atoms with Crippen molar-refractivity contribution in [3.05, 3.63) is 12.7 Å². The molecule has 17 heavy (non-hydrogen) atoms. The van der Waals surface area contributed by atoms with Crippen molar-refractivity contribution in [3.63, 3.8) is 0 Å². The molecule has 0 bridgehead atoms. The van der Waals surface area contributed by atoms with Crippen LogP contribution in [-0.2, 0) is 9.59 Å². The fraction of sp³-hybridized carbons (Fsp3) is 0.692. The molecule has 0 aliphatic rings. The fourth-order valence-electron chi connectivity index (χ4n) is 1.65. The fourth-order valence-corrected chi connectivity index (χ4v) is 1.65. The third-order valence-electron chi connectivity index (χ3n) is 3.13. The minimum atomic E-state index is -1.44. The topological polar surface area (TPSA) is 57.6 Å². The molecule has 4 nitrogen and oxygen atoms in total. The highest BCUT2D eigenvalue weighted by atomic mass is 16.4. The van der Waals surface area contributed by atoms with Crippen LogP contribution in [0.3, 0.4) is 0 Å². The Labute approximate surface area is 103 Å². The van der Waals surface area contributed by atoms with Crippen LogP contribution in [0.4, 0.5) is 0 Å². The lowest BCUT2D eigenvalue weighted by Gasteiger charge is -2.32. The lowest BCUT2D eigenvalue weighted by Crippen LogP contribution is -2.56. The summed E-state index contributed by atoms with van der Waals surface area (Å²) in [7, 11) is 1.63. The van der Waals surface area contributed by atoms with Crippen LogP contribution in [0.15, 0.2) is 12.7 Å². The second kappa shape index (κ2) is 7.22. The number of likely N-dealkylation sites (N-methyl/N-ethyl adjacent to an activating group) is 1. The largest absolute Gasteiger partial charge is 0.480 e. The summed E-state index contributed by atoms with van der Waals surface area (Å²) in [6, 6.07) is 0. The number of hydrogen-bond donors (Lipinski definition) is 1. The maximum atomic E-state index is 12.0. The van der Waals surface area contributed by atoms with Crippen molar-refractivity contribution in [2.45, 2.75) is 45.1 Å². The number of rotatable bonds is 9. The molecular formula is C13H23NO3. The molecule has 98 valence electrons. The zero-order valence-electron chi connectivity index (χ0n) is 11.0. The monoisotopic (exact) mass is 241 g/mol. The molecule has 4 heteroatoms. The van der Waals surface area contributed by atoms with E-state index in [1.54, 1.807) is 13.1 Å². The lowest BCUT2D eigenvalue weighted by molar-refractivity contribution is -0.155. The standard InChI is InChI=1S/C13H23NO3/c1-5-7-8-9-11(15)13(3,12(16)17)14(4)10-6-2/h6H,2,5,7-10H2,1,3-4H3,(H,16,17). The Morgan fingerprint density at radius 3 is 2.41 bits per heavy atom. The van der Waals surface area contributed by atoms with E-state index in [0.29, 0.717) is 13.0 Å². The summed E-state index contributed by atoms with van der Waals surface area (Å²) in [4.78, 5) is 24.9. The van der Waals surface area contributed by atoms with Gasteiger partial charge in [-0.25, -0.2) is 4.79 Å². The SMILES string of the molecule is C=CCN(C)C(C)(C(=O)O)C(=O)CCCCC. The van der Waals surface area contributed by atoms with E-state index in [0.717, 1.165) is 19.3 Å². The number of Topliss-reactive ketones (excluding diaryl/α,β-unsaturated/α-hetero) is 1. The highest BCUT2D eigenvalue weighted by Crippen LogP contribution is 2.19. The molecule has 0 spiro atoms. The Balaban J connectivity index is 4.75. The number of ketones is 1. The van der Waals surface area contributed by atoms with E-state index in [-0.39, 0.29) is 5.78 Å². The predicted molar refractivity (Wildman–Crippen MR) is 68.0 cm³/mol. The van der Waals surface area contributed by atoms with Crippen LogP contribution in [0.2, 0.25) is 0 Å². The van der Waals surface area contributed by atoms with Crippen molar-refractivity contribution in [2.24, 2.45) is 0 Å². The molecular weight excluding hydrogens is 218 g/mol. The van der Waals surface area contributed by atoms with Crippen molar-refractivity contribution in [3.8, 4) is 0 Å². The van der Waals surface area contributed by atoms with Gasteiger partial charge in [-0.15, -0.1) is 6.58 Å². The van der Waals surface area contributed by atoms with E-state index in [2.05, 4.69) is 6.58 Å². The van der Waals surface area contributed by atoms with Crippen LogP contribution in [0.1, 0.15) is 39.5 Å². The predicted octanol–water partition coefficient (Wildman–Crippen LogP) is 2.10. The minimum absolute atomic E-state index is 0.234. The Kier molecular flexibility index (Phi) is 6.73. The molecule has 1 unspecified atom stereocenters. The number of carbonyl (C=O) groups is 2. The van der Waals surface area contributed by atoms with E-state index in [1.807, 2.05) is 6.92 Å². The lowest BCUT2D eigenvalue weighted by atomic mass is 9.91. The van der Waals surface area contributed by atoms with Crippen LogP contribution >= 0.6 is 0 Å². The minimum Gasteiger partial charge on any atom is -0.480 e. The Morgan fingerprint density at radius 1 is 1.41 bits per heavy atom. The van der Waals surface area contributed by atoms with Crippen molar-refractivity contribution in [2.75, 3.05) is 13.6 Å². The Morgan fingerprint density at radius 2 is 2.00 bits per heavy atom. The van der Waals surface area contributed by atoms with Gasteiger partial charge in [0, 0.05) is 13.0 Å². The van der Waals surface area contributed by atoms with Gasteiger partial charge >= 0.3 is 5.97 Å². The van der Waals surface area contributed by atoms with Gasteiger partial charge in [0.25, 0.3) is 0 Å². The second-order valence-corrected chi connectivity index (χ2v) is 4.43. The van der Waals surface area contributed by atoms with Crippen LogP contribution in [0, 0.1) is 0 Å². The summed E-state index contributed by atoms with van der Waals surface area (Å²) in [5.74, 6) is -1.33. The summed E-state index contributed by atoms with van der Waals surface area (Å²) in [5, 5.41) is 9.26. The van der Waals surface area contributed by atoms with Gasteiger partial charge in [-0.3, -0.25) is 9.69 Å². The molecule has 0 aromatic heterocycles. The molecule has 0 fully saturated rings. The Bertz CT molecular complexity index is 288. The zero-order chi connectivity index (χ0) is 13.5. The first-order valence-corrected chi connectivity index (χ1v) is 6.00. The number of carboxylic acids is 1. The van der Waals surface area contributed by atoms with Gasteiger partial charge in [-0.2, -0.15) is 0 Å². The van der Waals surface area contributed by atoms with Crippen LogP contribution in [0.25, 0.3) is 0 Å². The Hall–Kier alpha value is -1.16. The summed E-state index contributed by atoms with van der Waals surface area (Å²) in [6.07, 6.45) is 4.63. The van der Waals surface area contributed by atoms with Gasteiger partial charge in [-0.1, -0.05) is 25.8 Å². The average Bonchev–Trinajstić information content (AvgIpc) is 2.28. The molecule has 0 aliphatic heterocycles. The maximum absolute atomic E-state index is 12.0. The molecule has 0 heterocycles. The van der Waals surface area contributed by atoms with E-state index in [9.17, 15) is 14.7 Å². The number of hydrogen-bond acceptors (Lipinski definition) is 3. The highest BCUT2D eigenvalue weighted by molar-refractivity contribution is 6.07. The molecule has 0 aliphatic carbocycles. The van der Waals surface area contributed by atoms with E-state index >= 15 is 0 Å². The van der Waals surface area contributed by atoms with Crippen LogP contribution in [0.5, 0.6) is 0 Å². The van der Waals surface area contributed by atoms with Gasteiger partial charge < -0.3 is 5.11 Å². The molecule has 0 radical (unpaired) electrons. The van der Waals surface area contributed by atoms with Gasteiger partial charge in [0.05, 0.1) is 0 Å². The first-order valence-electron chi connectivity index (χ1n) is 6.00. The third kappa shape index (κ3) is 3.97. The molecule has 0 aromatic carbocycles. The van der Waals surface area contributed by atoms with Gasteiger partial charge in [0.15, 0.2) is 11.3 Å².